The molecule has 1 aromatic rings. The van der Waals surface area contributed by atoms with Gasteiger partial charge in [-0.3, -0.25) is 0 Å². The molecule has 0 amide bonds. The summed E-state index contributed by atoms with van der Waals surface area (Å²) < 4.78 is 0. The van der Waals surface area contributed by atoms with Crippen LogP contribution in [0.3, 0.4) is 0 Å². The van der Waals surface area contributed by atoms with Gasteiger partial charge < -0.3 is 5.11 Å². The van der Waals surface area contributed by atoms with Crippen LogP contribution in [-0.2, 0) is 5.41 Å². The molecule has 78 valence electrons. The van der Waals surface area contributed by atoms with E-state index in [1.54, 1.807) is 0 Å². The second-order valence-corrected chi connectivity index (χ2v) is 5.18. The predicted octanol–water partition coefficient (Wildman–Crippen LogP) is 3.81. The third-order valence-corrected chi connectivity index (χ3v) is 2.50. The van der Waals surface area contributed by atoms with Crippen molar-refractivity contribution in [2.45, 2.75) is 46.0 Å². The SMILES string of the molecule is CC(C)c1ccc(C(C)(C)C)c(O)c1. The zero-order chi connectivity index (χ0) is 10.9. The molecule has 0 aromatic heterocycles. The van der Waals surface area contributed by atoms with Gasteiger partial charge in [0.05, 0.1) is 0 Å². The molecule has 0 aliphatic heterocycles. The minimum absolute atomic E-state index is 0.0135. The average Bonchev–Trinajstić information content (AvgIpc) is 2.01. The Morgan fingerprint density at radius 1 is 1.14 bits per heavy atom. The summed E-state index contributed by atoms with van der Waals surface area (Å²) >= 11 is 0. The van der Waals surface area contributed by atoms with Crippen molar-refractivity contribution < 1.29 is 5.11 Å². The summed E-state index contributed by atoms with van der Waals surface area (Å²) in [6.07, 6.45) is 0. The van der Waals surface area contributed by atoms with Crippen LogP contribution < -0.4 is 0 Å². The fourth-order valence-electron chi connectivity index (χ4n) is 1.54. The summed E-state index contributed by atoms with van der Waals surface area (Å²) in [5.74, 6) is 0.888. The van der Waals surface area contributed by atoms with Gasteiger partial charge in [-0.05, 0) is 28.5 Å². The first-order valence-electron chi connectivity index (χ1n) is 5.16. The van der Waals surface area contributed by atoms with Crippen molar-refractivity contribution in [3.8, 4) is 5.75 Å². The van der Waals surface area contributed by atoms with Gasteiger partial charge in [-0.15, -0.1) is 0 Å². The minimum Gasteiger partial charge on any atom is -0.508 e. The van der Waals surface area contributed by atoms with Crippen LogP contribution in [0.15, 0.2) is 18.2 Å². The van der Waals surface area contributed by atoms with Crippen molar-refractivity contribution >= 4 is 0 Å². The van der Waals surface area contributed by atoms with Crippen molar-refractivity contribution in [2.75, 3.05) is 0 Å². The van der Waals surface area contributed by atoms with Gasteiger partial charge in [0, 0.05) is 0 Å². The van der Waals surface area contributed by atoms with Gasteiger partial charge in [0.1, 0.15) is 5.75 Å². The van der Waals surface area contributed by atoms with Crippen LogP contribution >= 0.6 is 0 Å². The molecule has 0 fully saturated rings. The molecule has 0 heterocycles. The van der Waals surface area contributed by atoms with Gasteiger partial charge in [0.25, 0.3) is 0 Å². The van der Waals surface area contributed by atoms with Gasteiger partial charge in [-0.2, -0.15) is 0 Å². The second kappa shape index (κ2) is 3.64. The third kappa shape index (κ3) is 2.28. The second-order valence-electron chi connectivity index (χ2n) is 5.18. The molecule has 0 spiro atoms. The van der Waals surface area contributed by atoms with E-state index in [0.29, 0.717) is 11.7 Å². The largest absolute Gasteiger partial charge is 0.508 e. The lowest BCUT2D eigenvalue weighted by Gasteiger charge is -2.21. The van der Waals surface area contributed by atoms with Crippen LogP contribution in [0.2, 0.25) is 0 Å². The monoisotopic (exact) mass is 192 g/mol. The number of benzene rings is 1. The lowest BCUT2D eigenvalue weighted by molar-refractivity contribution is 0.445. The summed E-state index contributed by atoms with van der Waals surface area (Å²) in [5, 5.41) is 9.88. The van der Waals surface area contributed by atoms with E-state index < -0.39 is 0 Å². The Morgan fingerprint density at radius 2 is 1.71 bits per heavy atom. The van der Waals surface area contributed by atoms with E-state index in [-0.39, 0.29) is 5.41 Å². The van der Waals surface area contributed by atoms with Crippen LogP contribution in [0.5, 0.6) is 5.75 Å². The lowest BCUT2D eigenvalue weighted by Crippen LogP contribution is -2.11. The van der Waals surface area contributed by atoms with Crippen molar-refractivity contribution in [2.24, 2.45) is 0 Å². The molecule has 0 saturated carbocycles. The fraction of sp³-hybridized carbons (Fsp3) is 0.538. The number of aromatic hydroxyl groups is 1. The first kappa shape index (κ1) is 11.1. The highest BCUT2D eigenvalue weighted by molar-refractivity contribution is 5.41. The predicted molar refractivity (Wildman–Crippen MR) is 60.9 cm³/mol. The maximum Gasteiger partial charge on any atom is 0.119 e. The Hall–Kier alpha value is -0.980. The van der Waals surface area contributed by atoms with Crippen LogP contribution in [0.1, 0.15) is 51.7 Å². The van der Waals surface area contributed by atoms with Crippen molar-refractivity contribution in [3.63, 3.8) is 0 Å². The van der Waals surface area contributed by atoms with E-state index in [0.717, 1.165) is 5.56 Å². The van der Waals surface area contributed by atoms with Gasteiger partial charge in [-0.1, -0.05) is 46.8 Å². The Labute approximate surface area is 86.8 Å². The third-order valence-electron chi connectivity index (χ3n) is 2.50. The molecule has 0 aliphatic carbocycles. The molecule has 0 aliphatic rings. The Kier molecular flexibility index (Phi) is 2.89. The molecule has 14 heavy (non-hydrogen) atoms. The number of phenols is 1. The topological polar surface area (TPSA) is 20.2 Å². The van der Waals surface area contributed by atoms with Crippen LogP contribution in [0.4, 0.5) is 0 Å². The van der Waals surface area contributed by atoms with Gasteiger partial charge in [0.15, 0.2) is 0 Å². The standard InChI is InChI=1S/C13H20O/c1-9(2)10-6-7-11(12(14)8-10)13(3,4)5/h6-9,14H,1-5H3. The molecule has 1 rings (SSSR count). The molecule has 1 aromatic carbocycles. The highest BCUT2D eigenvalue weighted by Gasteiger charge is 2.18. The number of hydrogen-bond acceptors (Lipinski definition) is 1. The molecular weight excluding hydrogens is 172 g/mol. The minimum atomic E-state index is 0.0135. The quantitative estimate of drug-likeness (QED) is 0.717. The summed E-state index contributed by atoms with van der Waals surface area (Å²) in [5.41, 5.74) is 2.22. The molecular formula is C13H20O. The maximum absolute atomic E-state index is 9.88. The summed E-state index contributed by atoms with van der Waals surface area (Å²) in [7, 11) is 0. The summed E-state index contributed by atoms with van der Waals surface area (Å²) in [4.78, 5) is 0. The first-order chi connectivity index (χ1) is 6.32. The van der Waals surface area contributed by atoms with Crippen LogP contribution in [0.25, 0.3) is 0 Å². The average molecular weight is 192 g/mol. The van der Waals surface area contributed by atoms with E-state index in [1.807, 2.05) is 12.1 Å². The zero-order valence-corrected chi connectivity index (χ0v) is 9.76. The van der Waals surface area contributed by atoms with E-state index in [9.17, 15) is 5.11 Å². The fourth-order valence-corrected chi connectivity index (χ4v) is 1.54. The number of rotatable bonds is 1. The molecule has 0 unspecified atom stereocenters. The van der Waals surface area contributed by atoms with Gasteiger partial charge in [-0.25, -0.2) is 0 Å². The van der Waals surface area contributed by atoms with E-state index in [4.69, 9.17) is 0 Å². The van der Waals surface area contributed by atoms with Crippen molar-refractivity contribution in [3.05, 3.63) is 29.3 Å². The maximum atomic E-state index is 9.88. The molecule has 0 atom stereocenters. The van der Waals surface area contributed by atoms with E-state index in [1.165, 1.54) is 5.56 Å². The highest BCUT2D eigenvalue weighted by Crippen LogP contribution is 2.32. The molecule has 1 N–H and O–H groups in total. The van der Waals surface area contributed by atoms with Crippen LogP contribution in [-0.4, -0.2) is 5.11 Å². The molecule has 0 radical (unpaired) electrons. The van der Waals surface area contributed by atoms with Crippen molar-refractivity contribution in [1.82, 2.24) is 0 Å². The zero-order valence-electron chi connectivity index (χ0n) is 9.76. The lowest BCUT2D eigenvalue weighted by atomic mass is 9.85. The Balaban J connectivity index is 3.15. The smallest absolute Gasteiger partial charge is 0.119 e. The van der Waals surface area contributed by atoms with E-state index >= 15 is 0 Å². The first-order valence-corrected chi connectivity index (χ1v) is 5.16. The summed E-state index contributed by atoms with van der Waals surface area (Å²) in [6, 6.07) is 6.01. The van der Waals surface area contributed by atoms with E-state index in [2.05, 4.69) is 40.7 Å². The molecule has 0 saturated heterocycles. The van der Waals surface area contributed by atoms with Crippen molar-refractivity contribution in [1.29, 1.82) is 0 Å². The molecule has 1 heteroatoms. The normalized spacial score (nSPS) is 12.1. The Bertz CT molecular complexity index is 318. The molecule has 1 nitrogen and oxygen atoms in total. The number of hydrogen-bond donors (Lipinski definition) is 1. The van der Waals surface area contributed by atoms with Gasteiger partial charge >= 0.3 is 0 Å². The van der Waals surface area contributed by atoms with Crippen LogP contribution in [0, 0.1) is 0 Å². The Morgan fingerprint density at radius 3 is 2.07 bits per heavy atom. The highest BCUT2D eigenvalue weighted by atomic mass is 16.3. The van der Waals surface area contributed by atoms with Gasteiger partial charge in [0.2, 0.25) is 0 Å². The molecule has 0 bridgehead atoms. The number of phenolic OH excluding ortho intramolecular Hbond substituents is 1. The summed E-state index contributed by atoms with van der Waals surface area (Å²) in [6.45, 7) is 10.6.